The molecule has 39 heavy (non-hydrogen) atoms. The molecular weight excluding hydrogens is 500 g/mol. The van der Waals surface area contributed by atoms with Crippen LogP contribution in [0.4, 0.5) is 0 Å². The number of nitrogens with zero attached hydrogens (tertiary/aromatic N) is 2. The Morgan fingerprint density at radius 1 is 1.08 bits per heavy atom. The molecular formula is C30H30N2O7. The molecule has 202 valence electrons. The minimum Gasteiger partial charge on any atom is -0.502 e. The van der Waals surface area contributed by atoms with Crippen LogP contribution in [-0.4, -0.2) is 48.8 Å². The molecule has 0 spiro atoms. The van der Waals surface area contributed by atoms with Crippen molar-refractivity contribution in [1.29, 1.82) is 0 Å². The molecule has 5 rings (SSSR count). The zero-order valence-corrected chi connectivity index (χ0v) is 22.1. The van der Waals surface area contributed by atoms with Gasteiger partial charge in [0.15, 0.2) is 17.3 Å². The van der Waals surface area contributed by atoms with Crippen molar-refractivity contribution in [2.24, 2.45) is 0 Å². The van der Waals surface area contributed by atoms with Gasteiger partial charge in [-0.3, -0.25) is 19.5 Å². The van der Waals surface area contributed by atoms with Crippen molar-refractivity contribution < 1.29 is 28.5 Å². The number of aromatic hydroxyl groups is 1. The fraction of sp³-hybridized carbons (Fsp3) is 0.300. The number of ether oxygens (including phenoxy) is 3. The monoisotopic (exact) mass is 530 g/mol. The third-order valence-corrected chi connectivity index (χ3v) is 7.15. The standard InChI is InChI=1S/C30H30N2O7/c1-36-26-12-18-9-11-32(16-19(18)13-27(26)37-2)17-20-14-25(33)29(35)30(39-20)23(15-28(34)38-3)21-8-10-31-24-7-5-4-6-22(21)24/h4-8,10,12-14,23,35H,9,11,15-17H2,1-3H3/t23-/m1/s1. The van der Waals surface area contributed by atoms with Gasteiger partial charge < -0.3 is 23.7 Å². The molecule has 0 unspecified atom stereocenters. The number of esters is 1. The van der Waals surface area contributed by atoms with Gasteiger partial charge in [0.1, 0.15) is 5.76 Å². The van der Waals surface area contributed by atoms with Crippen molar-refractivity contribution in [2.45, 2.75) is 31.8 Å². The fourth-order valence-electron chi connectivity index (χ4n) is 5.18. The summed E-state index contributed by atoms with van der Waals surface area (Å²) in [5, 5.41) is 11.6. The Kier molecular flexibility index (Phi) is 7.51. The van der Waals surface area contributed by atoms with E-state index >= 15 is 0 Å². The lowest BCUT2D eigenvalue weighted by Gasteiger charge is -2.29. The number of pyridine rings is 1. The van der Waals surface area contributed by atoms with Crippen LogP contribution in [0.15, 0.2) is 63.9 Å². The van der Waals surface area contributed by atoms with Crippen LogP contribution in [-0.2, 0) is 29.0 Å². The van der Waals surface area contributed by atoms with E-state index in [1.165, 1.54) is 18.7 Å². The molecule has 0 amide bonds. The Morgan fingerprint density at radius 2 is 1.82 bits per heavy atom. The van der Waals surface area contributed by atoms with Crippen molar-refractivity contribution in [3.05, 3.63) is 93.2 Å². The van der Waals surface area contributed by atoms with Gasteiger partial charge >= 0.3 is 5.97 Å². The third kappa shape index (κ3) is 5.31. The number of para-hydroxylation sites is 1. The molecule has 0 fully saturated rings. The molecule has 4 aromatic rings. The van der Waals surface area contributed by atoms with E-state index in [2.05, 4.69) is 9.88 Å². The minimum atomic E-state index is -0.753. The van der Waals surface area contributed by atoms with Gasteiger partial charge in [-0.2, -0.15) is 0 Å². The van der Waals surface area contributed by atoms with E-state index in [-0.39, 0.29) is 12.2 Å². The summed E-state index contributed by atoms with van der Waals surface area (Å²) in [6, 6.07) is 14.5. The predicted molar refractivity (Wildman–Crippen MR) is 144 cm³/mol. The maximum Gasteiger partial charge on any atom is 0.306 e. The number of carbonyl (C=O) groups excluding carboxylic acids is 1. The van der Waals surface area contributed by atoms with Gasteiger partial charge in [-0.15, -0.1) is 0 Å². The molecule has 1 atom stereocenters. The molecule has 9 nitrogen and oxygen atoms in total. The number of carbonyl (C=O) groups is 1. The Morgan fingerprint density at radius 3 is 2.56 bits per heavy atom. The first-order chi connectivity index (χ1) is 18.9. The molecule has 2 aromatic carbocycles. The minimum absolute atomic E-state index is 0.0306. The van der Waals surface area contributed by atoms with Gasteiger partial charge in [0, 0.05) is 30.7 Å². The van der Waals surface area contributed by atoms with Gasteiger partial charge in [0.25, 0.3) is 0 Å². The molecule has 9 heteroatoms. The molecule has 1 aliphatic rings. The number of aromatic nitrogens is 1. The van der Waals surface area contributed by atoms with E-state index < -0.39 is 23.1 Å². The van der Waals surface area contributed by atoms with E-state index in [1.54, 1.807) is 26.5 Å². The first kappa shape index (κ1) is 26.2. The lowest BCUT2D eigenvalue weighted by Crippen LogP contribution is -2.30. The maximum atomic E-state index is 12.9. The van der Waals surface area contributed by atoms with Crippen LogP contribution in [0.25, 0.3) is 10.9 Å². The van der Waals surface area contributed by atoms with Crippen molar-refractivity contribution in [1.82, 2.24) is 9.88 Å². The Labute approximate surface area is 225 Å². The van der Waals surface area contributed by atoms with Crippen LogP contribution in [0, 0.1) is 0 Å². The lowest BCUT2D eigenvalue weighted by atomic mass is 9.90. The first-order valence-electron chi connectivity index (χ1n) is 12.6. The first-order valence-corrected chi connectivity index (χ1v) is 12.6. The van der Waals surface area contributed by atoms with Crippen molar-refractivity contribution in [2.75, 3.05) is 27.9 Å². The van der Waals surface area contributed by atoms with Crippen LogP contribution < -0.4 is 14.9 Å². The second-order valence-corrected chi connectivity index (χ2v) is 9.48. The van der Waals surface area contributed by atoms with Gasteiger partial charge in [-0.1, -0.05) is 18.2 Å². The van der Waals surface area contributed by atoms with Crippen LogP contribution in [0.2, 0.25) is 0 Å². The summed E-state index contributed by atoms with van der Waals surface area (Å²) < 4.78 is 22.1. The van der Waals surface area contributed by atoms with E-state index in [9.17, 15) is 14.7 Å². The SMILES string of the molecule is COC(=O)C[C@@H](c1oc(CN2CCc3cc(OC)c(OC)cc3C2)cc(=O)c1O)c1ccnc2ccccc12. The number of methoxy groups -OCH3 is 3. The van der Waals surface area contributed by atoms with Gasteiger partial charge in [-0.05, 0) is 47.4 Å². The topological polar surface area (TPSA) is 111 Å². The second-order valence-electron chi connectivity index (χ2n) is 9.48. The number of fused-ring (bicyclic) bond motifs is 2. The molecule has 0 saturated heterocycles. The van der Waals surface area contributed by atoms with Crippen molar-refractivity contribution in [3.63, 3.8) is 0 Å². The number of benzene rings is 2. The number of hydrogen-bond acceptors (Lipinski definition) is 9. The molecule has 0 saturated carbocycles. The molecule has 1 aliphatic heterocycles. The summed E-state index contributed by atoms with van der Waals surface area (Å²) in [5.41, 5.74) is 3.14. The highest BCUT2D eigenvalue weighted by molar-refractivity contribution is 5.84. The zero-order chi connectivity index (χ0) is 27.5. The van der Waals surface area contributed by atoms with Crippen molar-refractivity contribution >= 4 is 16.9 Å². The summed E-state index contributed by atoms with van der Waals surface area (Å²) in [7, 11) is 4.52. The summed E-state index contributed by atoms with van der Waals surface area (Å²) in [6.45, 7) is 1.71. The smallest absolute Gasteiger partial charge is 0.306 e. The predicted octanol–water partition coefficient (Wildman–Crippen LogP) is 4.16. The summed E-state index contributed by atoms with van der Waals surface area (Å²) >= 11 is 0. The van der Waals surface area contributed by atoms with Gasteiger partial charge in [0.2, 0.25) is 11.2 Å². The summed E-state index contributed by atoms with van der Waals surface area (Å²) in [6.07, 6.45) is 2.30. The zero-order valence-electron chi connectivity index (χ0n) is 22.1. The molecule has 1 N–H and O–H groups in total. The molecule has 0 radical (unpaired) electrons. The van der Waals surface area contributed by atoms with E-state index in [0.717, 1.165) is 29.4 Å². The molecule has 3 heterocycles. The van der Waals surface area contributed by atoms with E-state index in [1.807, 2.05) is 36.4 Å². The normalized spacial score (nSPS) is 14.0. The van der Waals surface area contributed by atoms with E-state index in [0.29, 0.717) is 35.9 Å². The summed E-state index contributed by atoms with van der Waals surface area (Å²) in [4.78, 5) is 31.9. The number of rotatable bonds is 8. The van der Waals surface area contributed by atoms with Gasteiger partial charge in [0.05, 0.1) is 45.7 Å². The van der Waals surface area contributed by atoms with Crippen LogP contribution in [0.1, 0.15) is 40.5 Å². The number of hydrogen-bond donors (Lipinski definition) is 1. The molecule has 0 aliphatic carbocycles. The summed E-state index contributed by atoms with van der Waals surface area (Å²) in [5.74, 6) is 0.00972. The van der Waals surface area contributed by atoms with Crippen LogP contribution >= 0.6 is 0 Å². The highest BCUT2D eigenvalue weighted by Crippen LogP contribution is 2.37. The van der Waals surface area contributed by atoms with Crippen molar-refractivity contribution in [3.8, 4) is 17.2 Å². The third-order valence-electron chi connectivity index (χ3n) is 7.15. The Balaban J connectivity index is 1.50. The van der Waals surface area contributed by atoms with Gasteiger partial charge in [-0.25, -0.2) is 0 Å². The highest BCUT2D eigenvalue weighted by Gasteiger charge is 2.29. The molecule has 2 aromatic heterocycles. The lowest BCUT2D eigenvalue weighted by molar-refractivity contribution is -0.140. The highest BCUT2D eigenvalue weighted by atomic mass is 16.5. The van der Waals surface area contributed by atoms with Crippen LogP contribution in [0.5, 0.6) is 17.2 Å². The quantitative estimate of drug-likeness (QED) is 0.336. The average molecular weight is 531 g/mol. The fourth-order valence-corrected chi connectivity index (χ4v) is 5.18. The molecule has 0 bridgehead atoms. The second kappa shape index (κ2) is 11.2. The largest absolute Gasteiger partial charge is 0.502 e. The van der Waals surface area contributed by atoms with E-state index in [4.69, 9.17) is 18.6 Å². The average Bonchev–Trinajstić information content (AvgIpc) is 2.96. The Hall–Kier alpha value is -4.37. The Bertz CT molecular complexity index is 1570. The maximum absolute atomic E-state index is 12.9. The van der Waals surface area contributed by atoms with Crippen LogP contribution in [0.3, 0.4) is 0 Å².